The van der Waals surface area contributed by atoms with Crippen LogP contribution in [0.25, 0.3) is 0 Å². The first-order valence-corrected chi connectivity index (χ1v) is 8.17. The fourth-order valence-corrected chi connectivity index (χ4v) is 2.90. The molecule has 0 spiro atoms. The highest BCUT2D eigenvalue weighted by atomic mass is 79.9. The van der Waals surface area contributed by atoms with E-state index in [0.717, 1.165) is 0 Å². The first-order chi connectivity index (χ1) is 11.3. The molecule has 0 aliphatic carbocycles. The molecule has 0 amide bonds. The van der Waals surface area contributed by atoms with Crippen molar-refractivity contribution in [2.45, 2.75) is 50.2 Å². The van der Waals surface area contributed by atoms with Crippen molar-refractivity contribution in [3.8, 4) is 0 Å². The lowest BCUT2D eigenvalue weighted by molar-refractivity contribution is -0.236. The number of alkyl halides is 1. The van der Waals surface area contributed by atoms with Crippen LogP contribution in [0.2, 0.25) is 0 Å². The Labute approximate surface area is 148 Å². The van der Waals surface area contributed by atoms with Crippen LogP contribution in [0.15, 0.2) is 12.7 Å². The van der Waals surface area contributed by atoms with Crippen LogP contribution in [-0.4, -0.2) is 60.6 Å². The van der Waals surface area contributed by atoms with Crippen molar-refractivity contribution in [2.75, 3.05) is 13.2 Å². The summed E-state index contributed by atoms with van der Waals surface area (Å²) in [4.78, 5) is 33.8. The summed E-state index contributed by atoms with van der Waals surface area (Å²) in [5.41, 5.74) is 0. The molecule has 136 valence electrons. The third kappa shape index (κ3) is 6.21. The van der Waals surface area contributed by atoms with Crippen molar-refractivity contribution >= 4 is 33.8 Å². The molecule has 0 saturated carbocycles. The van der Waals surface area contributed by atoms with Gasteiger partial charge in [-0.3, -0.25) is 14.4 Å². The maximum Gasteiger partial charge on any atom is 0.303 e. The molecule has 1 saturated heterocycles. The third-order valence-corrected chi connectivity index (χ3v) is 3.78. The highest BCUT2D eigenvalue weighted by Crippen LogP contribution is 2.31. The molecule has 1 rings (SSSR count). The molecule has 1 fully saturated rings. The SMILES string of the molecule is C=CCO[C@@H]1[C@@H](OC(C)=O)[C@@H](Br)O[C@H](COC(C)=O)[C@H]1OC(C)=O. The smallest absolute Gasteiger partial charge is 0.303 e. The number of carbonyl (C=O) groups is 3. The molecule has 1 aliphatic heterocycles. The van der Waals surface area contributed by atoms with Gasteiger partial charge < -0.3 is 23.7 Å². The number of rotatable bonds is 7. The molecule has 0 aromatic rings. The summed E-state index contributed by atoms with van der Waals surface area (Å²) in [6.45, 7) is 7.29. The number of halogens is 1. The summed E-state index contributed by atoms with van der Waals surface area (Å²) in [6.07, 6.45) is -1.89. The normalized spacial score (nSPS) is 29.4. The molecule has 0 bridgehead atoms. The van der Waals surface area contributed by atoms with Crippen LogP contribution < -0.4 is 0 Å². The molecule has 0 aromatic heterocycles. The van der Waals surface area contributed by atoms with E-state index in [1.165, 1.54) is 26.8 Å². The molecule has 9 heteroatoms. The van der Waals surface area contributed by atoms with E-state index in [0.29, 0.717) is 0 Å². The van der Waals surface area contributed by atoms with E-state index in [-0.39, 0.29) is 13.2 Å². The number of hydrogen-bond acceptors (Lipinski definition) is 8. The van der Waals surface area contributed by atoms with E-state index < -0.39 is 47.3 Å². The van der Waals surface area contributed by atoms with E-state index in [4.69, 9.17) is 23.7 Å². The molecule has 24 heavy (non-hydrogen) atoms. The van der Waals surface area contributed by atoms with E-state index >= 15 is 0 Å². The van der Waals surface area contributed by atoms with E-state index in [1.54, 1.807) is 0 Å². The van der Waals surface area contributed by atoms with Gasteiger partial charge in [-0.25, -0.2) is 0 Å². The summed E-state index contributed by atoms with van der Waals surface area (Å²) in [6, 6.07) is 0. The molecule has 1 heterocycles. The van der Waals surface area contributed by atoms with Gasteiger partial charge in [0.15, 0.2) is 17.2 Å². The second-order valence-electron chi connectivity index (χ2n) is 5.06. The predicted molar refractivity (Wildman–Crippen MR) is 85.3 cm³/mol. The Kier molecular flexibility index (Phi) is 8.37. The minimum atomic E-state index is -0.931. The van der Waals surface area contributed by atoms with Crippen LogP contribution in [0.4, 0.5) is 0 Å². The van der Waals surface area contributed by atoms with Crippen molar-refractivity contribution in [1.29, 1.82) is 0 Å². The van der Waals surface area contributed by atoms with E-state index in [1.807, 2.05) is 0 Å². The fraction of sp³-hybridized carbons (Fsp3) is 0.667. The van der Waals surface area contributed by atoms with Crippen molar-refractivity contribution < 1.29 is 38.1 Å². The van der Waals surface area contributed by atoms with Gasteiger partial charge in [-0.1, -0.05) is 22.0 Å². The summed E-state index contributed by atoms with van der Waals surface area (Å²) < 4.78 is 26.8. The second-order valence-corrected chi connectivity index (χ2v) is 5.97. The monoisotopic (exact) mass is 408 g/mol. The van der Waals surface area contributed by atoms with Gasteiger partial charge in [0.1, 0.15) is 18.8 Å². The summed E-state index contributed by atoms with van der Waals surface area (Å²) >= 11 is 3.27. The predicted octanol–water partition coefficient (Wildman–Crippen LogP) is 1.10. The minimum Gasteiger partial charge on any atom is -0.463 e. The highest BCUT2D eigenvalue weighted by molar-refractivity contribution is 9.09. The average Bonchev–Trinajstić information content (AvgIpc) is 2.47. The molecule has 5 atom stereocenters. The van der Waals surface area contributed by atoms with Crippen LogP contribution in [0, 0.1) is 0 Å². The number of esters is 3. The lowest BCUT2D eigenvalue weighted by atomic mass is 9.99. The van der Waals surface area contributed by atoms with Crippen molar-refractivity contribution in [2.24, 2.45) is 0 Å². The topological polar surface area (TPSA) is 97.4 Å². The molecule has 1 aliphatic rings. The van der Waals surface area contributed by atoms with Gasteiger partial charge >= 0.3 is 17.9 Å². The van der Waals surface area contributed by atoms with Crippen molar-refractivity contribution in [3.05, 3.63) is 12.7 Å². The quantitative estimate of drug-likeness (QED) is 0.267. The van der Waals surface area contributed by atoms with E-state index in [2.05, 4.69) is 22.5 Å². The second kappa shape index (κ2) is 9.75. The molecule has 0 N–H and O–H groups in total. The average molecular weight is 409 g/mol. The van der Waals surface area contributed by atoms with Crippen molar-refractivity contribution in [1.82, 2.24) is 0 Å². The van der Waals surface area contributed by atoms with Gasteiger partial charge in [-0.05, 0) is 0 Å². The van der Waals surface area contributed by atoms with Crippen LogP contribution in [-0.2, 0) is 38.1 Å². The standard InChI is InChI=1S/C15H21BrO8/c1-5-6-20-13-12(22-9(3)18)11(7-21-8(2)17)24-15(16)14(13)23-10(4)19/h5,11-15H,1,6-7H2,2-4H3/t11-,12-,13+,14-,15+/m1/s1. The Morgan fingerprint density at radius 3 is 2.12 bits per heavy atom. The number of ether oxygens (including phenoxy) is 5. The highest BCUT2D eigenvalue weighted by Gasteiger charge is 2.50. The Hall–Kier alpha value is -1.45. The first-order valence-electron chi connectivity index (χ1n) is 7.26. The molecular weight excluding hydrogens is 388 g/mol. The number of carbonyl (C=O) groups excluding carboxylic acids is 3. The Morgan fingerprint density at radius 2 is 1.62 bits per heavy atom. The number of hydrogen-bond donors (Lipinski definition) is 0. The molecular formula is C15H21BrO8. The lowest BCUT2D eigenvalue weighted by Crippen LogP contribution is -2.60. The van der Waals surface area contributed by atoms with Gasteiger partial charge in [0.2, 0.25) is 0 Å². The molecule has 0 aromatic carbocycles. The van der Waals surface area contributed by atoms with Crippen LogP contribution >= 0.6 is 15.9 Å². The minimum absolute atomic E-state index is 0.139. The zero-order valence-corrected chi connectivity index (χ0v) is 15.3. The lowest BCUT2D eigenvalue weighted by Gasteiger charge is -2.43. The first kappa shape index (κ1) is 20.6. The Bertz CT molecular complexity index is 480. The third-order valence-electron chi connectivity index (χ3n) is 3.04. The molecule has 0 unspecified atom stereocenters. The maximum absolute atomic E-state index is 11.4. The van der Waals surface area contributed by atoms with Gasteiger partial charge in [-0.2, -0.15) is 0 Å². The molecule has 8 nitrogen and oxygen atoms in total. The largest absolute Gasteiger partial charge is 0.463 e. The summed E-state index contributed by atoms with van der Waals surface area (Å²) in [5, 5.41) is -0.733. The zero-order valence-electron chi connectivity index (χ0n) is 13.7. The maximum atomic E-state index is 11.4. The molecule has 0 radical (unpaired) electrons. The Morgan fingerprint density at radius 1 is 1.04 bits per heavy atom. The van der Waals surface area contributed by atoms with Gasteiger partial charge in [0, 0.05) is 20.8 Å². The van der Waals surface area contributed by atoms with Gasteiger partial charge in [0.25, 0.3) is 0 Å². The Balaban J connectivity index is 3.05. The summed E-state index contributed by atoms with van der Waals surface area (Å²) in [5.74, 6) is -1.62. The summed E-state index contributed by atoms with van der Waals surface area (Å²) in [7, 11) is 0. The fourth-order valence-electron chi connectivity index (χ4n) is 2.22. The van der Waals surface area contributed by atoms with Crippen LogP contribution in [0.5, 0.6) is 0 Å². The van der Waals surface area contributed by atoms with Gasteiger partial charge in [-0.15, -0.1) is 6.58 Å². The van der Waals surface area contributed by atoms with Crippen LogP contribution in [0.1, 0.15) is 20.8 Å². The zero-order chi connectivity index (χ0) is 18.3. The van der Waals surface area contributed by atoms with Crippen molar-refractivity contribution in [3.63, 3.8) is 0 Å². The van der Waals surface area contributed by atoms with E-state index in [9.17, 15) is 14.4 Å². The van der Waals surface area contributed by atoms with Crippen LogP contribution in [0.3, 0.4) is 0 Å². The van der Waals surface area contributed by atoms with Gasteiger partial charge in [0.05, 0.1) is 6.61 Å².